The van der Waals surface area contributed by atoms with Crippen molar-refractivity contribution in [1.82, 2.24) is 4.90 Å². The van der Waals surface area contributed by atoms with Crippen LogP contribution >= 0.6 is 11.6 Å². The first kappa shape index (κ1) is 17.1. The summed E-state index contributed by atoms with van der Waals surface area (Å²) in [5, 5.41) is 13.1. The molecule has 1 N–H and O–H groups in total. The van der Waals surface area contributed by atoms with Gasteiger partial charge < -0.3 is 15.0 Å². The number of methoxy groups -OCH3 is 1. The first-order chi connectivity index (χ1) is 11.1. The largest absolute Gasteiger partial charge is 0.497 e. The highest BCUT2D eigenvalue weighted by Gasteiger charge is 2.16. The molecule has 0 bridgehead atoms. The van der Waals surface area contributed by atoms with Crippen molar-refractivity contribution in [2.24, 2.45) is 0 Å². The van der Waals surface area contributed by atoms with Crippen LogP contribution in [0.25, 0.3) is 0 Å². The van der Waals surface area contributed by atoms with Crippen LogP contribution in [0, 0.1) is 11.3 Å². The van der Waals surface area contributed by atoms with Gasteiger partial charge in [0.05, 0.1) is 29.4 Å². The summed E-state index contributed by atoms with van der Waals surface area (Å²) in [6.07, 6.45) is 0. The number of benzene rings is 2. The fraction of sp³-hybridized carbons (Fsp3) is 0.278. The first-order valence-electron chi connectivity index (χ1n) is 7.29. The summed E-state index contributed by atoms with van der Waals surface area (Å²) in [6, 6.07) is 15.6. The molecule has 0 aliphatic rings. The Bertz CT molecular complexity index is 710. The summed E-state index contributed by atoms with van der Waals surface area (Å²) in [4.78, 5) is 2.12. The Morgan fingerprint density at radius 3 is 2.65 bits per heavy atom. The molecular weight excluding hydrogens is 310 g/mol. The Balaban J connectivity index is 2.23. The number of nitrogens with zero attached hydrogens (tertiary/aromatic N) is 2. The van der Waals surface area contributed by atoms with Crippen molar-refractivity contribution in [3.05, 3.63) is 58.6 Å². The van der Waals surface area contributed by atoms with Gasteiger partial charge in [-0.25, -0.2) is 0 Å². The van der Waals surface area contributed by atoms with E-state index in [9.17, 15) is 5.26 Å². The van der Waals surface area contributed by atoms with E-state index in [0.717, 1.165) is 11.3 Å². The predicted octanol–water partition coefficient (Wildman–Crippen LogP) is 3.94. The summed E-state index contributed by atoms with van der Waals surface area (Å²) >= 11 is 6.22. The summed E-state index contributed by atoms with van der Waals surface area (Å²) < 4.78 is 5.30. The van der Waals surface area contributed by atoms with Crippen molar-refractivity contribution >= 4 is 17.3 Å². The number of nitrogens with one attached hydrogen (secondary N) is 1. The van der Waals surface area contributed by atoms with Gasteiger partial charge in [-0.1, -0.05) is 29.8 Å². The fourth-order valence-electron chi connectivity index (χ4n) is 2.44. The maximum absolute atomic E-state index is 9.23. The van der Waals surface area contributed by atoms with Gasteiger partial charge in [0.25, 0.3) is 0 Å². The number of halogens is 1. The van der Waals surface area contributed by atoms with E-state index < -0.39 is 0 Å². The van der Waals surface area contributed by atoms with E-state index in [1.54, 1.807) is 25.3 Å². The quantitative estimate of drug-likeness (QED) is 0.872. The van der Waals surface area contributed by atoms with Gasteiger partial charge in [-0.2, -0.15) is 5.26 Å². The number of hydrogen-bond acceptors (Lipinski definition) is 4. The monoisotopic (exact) mass is 329 g/mol. The molecule has 5 heteroatoms. The summed E-state index contributed by atoms with van der Waals surface area (Å²) in [7, 11) is 5.69. The van der Waals surface area contributed by atoms with Crippen molar-refractivity contribution in [3.8, 4) is 11.8 Å². The topological polar surface area (TPSA) is 48.3 Å². The molecule has 2 aromatic carbocycles. The molecule has 1 atom stereocenters. The molecule has 1 unspecified atom stereocenters. The molecule has 0 aliphatic heterocycles. The van der Waals surface area contributed by atoms with Crippen molar-refractivity contribution in [2.45, 2.75) is 6.04 Å². The molecule has 0 aliphatic carbocycles. The normalized spacial score (nSPS) is 11.8. The Hall–Kier alpha value is -2.22. The maximum Gasteiger partial charge on any atom is 0.119 e. The molecule has 23 heavy (non-hydrogen) atoms. The zero-order chi connectivity index (χ0) is 16.8. The number of para-hydroxylation sites is 1. The van der Waals surface area contributed by atoms with Gasteiger partial charge in [0.15, 0.2) is 0 Å². The van der Waals surface area contributed by atoms with Gasteiger partial charge in [-0.05, 0) is 43.9 Å². The van der Waals surface area contributed by atoms with E-state index in [0.29, 0.717) is 22.8 Å². The molecule has 0 fully saturated rings. The Kier molecular flexibility index (Phi) is 5.86. The lowest BCUT2D eigenvalue weighted by molar-refractivity contribution is 0.310. The molecule has 0 heterocycles. The van der Waals surface area contributed by atoms with Crippen molar-refractivity contribution in [2.75, 3.05) is 33.1 Å². The number of ether oxygens (including phenoxy) is 1. The number of hydrogen-bond donors (Lipinski definition) is 1. The van der Waals surface area contributed by atoms with E-state index in [-0.39, 0.29) is 6.04 Å². The van der Waals surface area contributed by atoms with Crippen molar-refractivity contribution in [3.63, 3.8) is 0 Å². The van der Waals surface area contributed by atoms with Gasteiger partial charge in [-0.3, -0.25) is 0 Å². The minimum Gasteiger partial charge on any atom is -0.497 e. The molecule has 0 saturated carbocycles. The second-order valence-electron chi connectivity index (χ2n) is 5.41. The first-order valence-corrected chi connectivity index (χ1v) is 7.67. The second-order valence-corrected chi connectivity index (χ2v) is 5.82. The Morgan fingerprint density at radius 2 is 2.00 bits per heavy atom. The summed E-state index contributed by atoms with van der Waals surface area (Å²) in [5.41, 5.74) is 2.35. The van der Waals surface area contributed by atoms with Crippen LogP contribution < -0.4 is 10.1 Å². The van der Waals surface area contributed by atoms with Gasteiger partial charge >= 0.3 is 0 Å². The highest BCUT2D eigenvalue weighted by Crippen LogP contribution is 2.28. The van der Waals surface area contributed by atoms with E-state index >= 15 is 0 Å². The lowest BCUT2D eigenvalue weighted by Gasteiger charge is -2.26. The number of anilines is 1. The Labute approximate surface area is 142 Å². The van der Waals surface area contributed by atoms with Crippen LogP contribution in [-0.4, -0.2) is 32.6 Å². The smallest absolute Gasteiger partial charge is 0.119 e. The van der Waals surface area contributed by atoms with Gasteiger partial charge in [0.1, 0.15) is 11.8 Å². The number of rotatable bonds is 6. The lowest BCUT2D eigenvalue weighted by atomic mass is 10.1. The average molecular weight is 330 g/mol. The molecule has 4 nitrogen and oxygen atoms in total. The van der Waals surface area contributed by atoms with E-state index in [1.165, 1.54) is 0 Å². The van der Waals surface area contributed by atoms with Crippen LogP contribution in [0.2, 0.25) is 5.02 Å². The number of nitriles is 1. The van der Waals surface area contributed by atoms with E-state index in [2.05, 4.69) is 22.4 Å². The second kappa shape index (κ2) is 7.87. The molecular formula is C18H20ClN3O. The van der Waals surface area contributed by atoms with Crippen LogP contribution in [0.15, 0.2) is 42.5 Å². The third kappa shape index (κ3) is 4.16. The molecule has 0 amide bonds. The molecule has 0 spiro atoms. The summed E-state index contributed by atoms with van der Waals surface area (Å²) in [6.45, 7) is 0.624. The van der Waals surface area contributed by atoms with Crippen LogP contribution in [-0.2, 0) is 0 Å². The summed E-state index contributed by atoms with van der Waals surface area (Å²) in [5.74, 6) is 0.824. The lowest BCUT2D eigenvalue weighted by Crippen LogP contribution is -2.27. The standard InChI is InChI=1S/C18H20ClN3O/c1-22(2)17(13-6-4-8-15(10-13)23-3)12-21-18-14(11-20)7-5-9-16(18)19/h4-10,17,21H,12H2,1-3H3. The van der Waals surface area contributed by atoms with Crippen LogP contribution in [0.3, 0.4) is 0 Å². The van der Waals surface area contributed by atoms with Gasteiger partial charge in [0, 0.05) is 6.54 Å². The molecule has 2 rings (SSSR count). The zero-order valence-electron chi connectivity index (χ0n) is 13.5. The van der Waals surface area contributed by atoms with E-state index in [1.807, 2.05) is 32.3 Å². The van der Waals surface area contributed by atoms with Gasteiger partial charge in [0.2, 0.25) is 0 Å². The van der Waals surface area contributed by atoms with Crippen LogP contribution in [0.1, 0.15) is 17.2 Å². The molecule has 2 aromatic rings. The predicted molar refractivity (Wildman–Crippen MR) is 94.1 cm³/mol. The molecule has 0 aromatic heterocycles. The third-order valence-electron chi connectivity index (χ3n) is 3.71. The van der Waals surface area contributed by atoms with Crippen LogP contribution in [0.5, 0.6) is 5.75 Å². The Morgan fingerprint density at radius 1 is 1.26 bits per heavy atom. The minimum atomic E-state index is 0.118. The number of likely N-dealkylation sites (N-methyl/N-ethyl adjacent to an activating group) is 1. The van der Waals surface area contributed by atoms with Gasteiger partial charge in [-0.15, -0.1) is 0 Å². The third-order valence-corrected chi connectivity index (χ3v) is 4.02. The highest BCUT2D eigenvalue weighted by atomic mass is 35.5. The zero-order valence-corrected chi connectivity index (χ0v) is 14.3. The SMILES string of the molecule is COc1cccc(C(CNc2c(Cl)cccc2C#N)N(C)C)c1. The van der Waals surface area contributed by atoms with Crippen molar-refractivity contribution < 1.29 is 4.74 Å². The molecule has 0 saturated heterocycles. The van der Waals surface area contributed by atoms with Crippen molar-refractivity contribution in [1.29, 1.82) is 5.26 Å². The minimum absolute atomic E-state index is 0.118. The average Bonchev–Trinajstić information content (AvgIpc) is 2.56. The highest BCUT2D eigenvalue weighted by molar-refractivity contribution is 6.33. The van der Waals surface area contributed by atoms with E-state index in [4.69, 9.17) is 16.3 Å². The molecule has 120 valence electrons. The fourth-order valence-corrected chi connectivity index (χ4v) is 2.68. The molecule has 0 radical (unpaired) electrons. The maximum atomic E-state index is 9.23. The van der Waals surface area contributed by atoms with Crippen LogP contribution in [0.4, 0.5) is 5.69 Å².